The number of nitrogens with zero attached hydrogens (tertiary/aromatic N) is 2. The second kappa shape index (κ2) is 4.26. The zero-order valence-corrected chi connectivity index (χ0v) is 11.0. The number of aryl methyl sites for hydroxylation is 1. The van der Waals surface area contributed by atoms with E-state index < -0.39 is 5.97 Å². The van der Waals surface area contributed by atoms with Gasteiger partial charge in [0.05, 0.1) is 5.92 Å². The summed E-state index contributed by atoms with van der Waals surface area (Å²) in [5.74, 6) is 0.0658. The summed E-state index contributed by atoms with van der Waals surface area (Å²) in [6.45, 7) is 2.58. The minimum atomic E-state index is -0.681. The SMILES string of the molecule is Cc1nc2ccc(N(C)CC3CC3C(=O)O)cc2o1. The van der Waals surface area contributed by atoms with Gasteiger partial charge in [-0.15, -0.1) is 0 Å². The van der Waals surface area contributed by atoms with E-state index >= 15 is 0 Å². The number of rotatable bonds is 4. The Hall–Kier alpha value is -2.04. The van der Waals surface area contributed by atoms with Gasteiger partial charge >= 0.3 is 5.97 Å². The Morgan fingerprint density at radius 3 is 3.05 bits per heavy atom. The Morgan fingerprint density at radius 1 is 1.58 bits per heavy atom. The highest BCUT2D eigenvalue weighted by Crippen LogP contribution is 2.39. The van der Waals surface area contributed by atoms with Crippen molar-refractivity contribution in [2.24, 2.45) is 11.8 Å². The van der Waals surface area contributed by atoms with Crippen LogP contribution in [0.1, 0.15) is 12.3 Å². The third-order valence-corrected chi connectivity index (χ3v) is 3.67. The molecule has 2 aromatic rings. The van der Waals surface area contributed by atoms with Crippen LogP contribution in [0.4, 0.5) is 5.69 Å². The van der Waals surface area contributed by atoms with Crippen LogP contribution in [-0.4, -0.2) is 29.7 Å². The van der Waals surface area contributed by atoms with Crippen LogP contribution in [0.25, 0.3) is 11.1 Å². The summed E-state index contributed by atoms with van der Waals surface area (Å²) in [7, 11) is 1.97. The highest BCUT2D eigenvalue weighted by atomic mass is 16.4. The number of fused-ring (bicyclic) bond motifs is 1. The molecule has 0 saturated heterocycles. The standard InChI is InChI=1S/C14H16N2O3/c1-8-15-12-4-3-10(6-13(12)19-8)16(2)7-9-5-11(9)14(17)18/h3-4,6,9,11H,5,7H2,1-2H3,(H,17,18). The summed E-state index contributed by atoms with van der Waals surface area (Å²) in [4.78, 5) is 17.2. The lowest BCUT2D eigenvalue weighted by atomic mass is 10.2. The van der Waals surface area contributed by atoms with Crippen molar-refractivity contribution < 1.29 is 14.3 Å². The molecule has 1 aromatic carbocycles. The maximum atomic E-state index is 10.8. The maximum absolute atomic E-state index is 10.8. The summed E-state index contributed by atoms with van der Waals surface area (Å²) in [5.41, 5.74) is 2.65. The summed E-state index contributed by atoms with van der Waals surface area (Å²) in [5, 5.41) is 8.91. The molecule has 1 aromatic heterocycles. The van der Waals surface area contributed by atoms with Crippen LogP contribution < -0.4 is 4.90 Å². The number of carboxylic acids is 1. The largest absolute Gasteiger partial charge is 0.481 e. The Kier molecular flexibility index (Phi) is 2.69. The molecule has 0 aliphatic heterocycles. The van der Waals surface area contributed by atoms with Crippen LogP contribution in [0.3, 0.4) is 0 Å². The van der Waals surface area contributed by atoms with Crippen LogP contribution in [-0.2, 0) is 4.79 Å². The molecule has 0 radical (unpaired) electrons. The lowest BCUT2D eigenvalue weighted by molar-refractivity contribution is -0.138. The number of benzene rings is 1. The van der Waals surface area contributed by atoms with Crippen LogP contribution >= 0.6 is 0 Å². The zero-order chi connectivity index (χ0) is 13.6. The monoisotopic (exact) mass is 260 g/mol. The smallest absolute Gasteiger partial charge is 0.306 e. The fourth-order valence-electron chi connectivity index (χ4n) is 2.47. The van der Waals surface area contributed by atoms with Crippen molar-refractivity contribution in [2.75, 3.05) is 18.5 Å². The summed E-state index contributed by atoms with van der Waals surface area (Å²) in [6, 6.07) is 5.87. The summed E-state index contributed by atoms with van der Waals surface area (Å²) < 4.78 is 5.51. The van der Waals surface area contributed by atoms with E-state index in [-0.39, 0.29) is 11.8 Å². The lowest BCUT2D eigenvalue weighted by Gasteiger charge is -2.18. The fourth-order valence-corrected chi connectivity index (χ4v) is 2.47. The predicted molar refractivity (Wildman–Crippen MR) is 71.2 cm³/mol. The quantitative estimate of drug-likeness (QED) is 0.913. The summed E-state index contributed by atoms with van der Waals surface area (Å²) >= 11 is 0. The Morgan fingerprint density at radius 2 is 2.37 bits per heavy atom. The molecule has 3 rings (SSSR count). The van der Waals surface area contributed by atoms with Crippen molar-refractivity contribution in [3.05, 3.63) is 24.1 Å². The molecule has 1 N–H and O–H groups in total. The lowest BCUT2D eigenvalue weighted by Crippen LogP contribution is -2.21. The third-order valence-electron chi connectivity index (χ3n) is 3.67. The van der Waals surface area contributed by atoms with Crippen molar-refractivity contribution >= 4 is 22.8 Å². The molecule has 5 nitrogen and oxygen atoms in total. The number of aromatic nitrogens is 1. The number of oxazole rings is 1. The first-order chi connectivity index (χ1) is 9.04. The van der Waals surface area contributed by atoms with Crippen molar-refractivity contribution in [2.45, 2.75) is 13.3 Å². The number of carbonyl (C=O) groups is 1. The number of aliphatic carboxylic acids is 1. The van der Waals surface area contributed by atoms with Crippen molar-refractivity contribution in [3.8, 4) is 0 Å². The van der Waals surface area contributed by atoms with Gasteiger partial charge in [-0.05, 0) is 24.5 Å². The second-order valence-electron chi connectivity index (χ2n) is 5.21. The van der Waals surface area contributed by atoms with Gasteiger partial charge in [-0.1, -0.05) is 0 Å². The Labute approximate surface area is 110 Å². The van der Waals surface area contributed by atoms with Gasteiger partial charge in [0, 0.05) is 32.3 Å². The first-order valence-corrected chi connectivity index (χ1v) is 6.36. The van der Waals surface area contributed by atoms with Gasteiger partial charge in [-0.2, -0.15) is 0 Å². The first kappa shape index (κ1) is 12.0. The van der Waals surface area contributed by atoms with Crippen molar-refractivity contribution in [1.82, 2.24) is 4.98 Å². The first-order valence-electron chi connectivity index (χ1n) is 6.36. The minimum absolute atomic E-state index is 0.168. The number of carboxylic acid groups (broad SMARTS) is 1. The molecule has 100 valence electrons. The molecule has 0 bridgehead atoms. The Balaban J connectivity index is 1.74. The number of hydrogen-bond donors (Lipinski definition) is 1. The van der Waals surface area contributed by atoms with Crippen LogP contribution in [0.5, 0.6) is 0 Å². The van der Waals surface area contributed by atoms with E-state index in [1.807, 2.05) is 32.2 Å². The van der Waals surface area contributed by atoms with Gasteiger partial charge in [0.2, 0.25) is 0 Å². The van der Waals surface area contributed by atoms with Crippen LogP contribution in [0.15, 0.2) is 22.6 Å². The van der Waals surface area contributed by atoms with Crippen molar-refractivity contribution in [1.29, 1.82) is 0 Å². The van der Waals surface area contributed by atoms with Crippen LogP contribution in [0.2, 0.25) is 0 Å². The highest BCUT2D eigenvalue weighted by Gasteiger charge is 2.43. The predicted octanol–water partition coefficient (Wildman–Crippen LogP) is 2.29. The van der Waals surface area contributed by atoms with Gasteiger partial charge < -0.3 is 14.4 Å². The van der Waals surface area contributed by atoms with Gasteiger partial charge in [0.25, 0.3) is 0 Å². The minimum Gasteiger partial charge on any atom is -0.481 e. The molecule has 1 fully saturated rings. The third kappa shape index (κ3) is 2.28. The molecule has 2 atom stereocenters. The molecule has 1 aliphatic carbocycles. The average molecular weight is 260 g/mol. The zero-order valence-electron chi connectivity index (χ0n) is 11.0. The van der Waals surface area contributed by atoms with Gasteiger partial charge in [-0.3, -0.25) is 4.79 Å². The number of anilines is 1. The van der Waals surface area contributed by atoms with Crippen molar-refractivity contribution in [3.63, 3.8) is 0 Å². The fraction of sp³-hybridized carbons (Fsp3) is 0.429. The summed E-state index contributed by atoms with van der Waals surface area (Å²) in [6.07, 6.45) is 0.781. The maximum Gasteiger partial charge on any atom is 0.306 e. The van der Waals surface area contributed by atoms with Crippen LogP contribution in [0, 0.1) is 18.8 Å². The molecule has 1 saturated carbocycles. The normalized spacial score (nSPS) is 21.6. The van der Waals surface area contributed by atoms with Gasteiger partial charge in [-0.25, -0.2) is 4.98 Å². The molecule has 1 aliphatic rings. The molecule has 1 heterocycles. The van der Waals surface area contributed by atoms with E-state index in [2.05, 4.69) is 9.88 Å². The van der Waals surface area contributed by atoms with Gasteiger partial charge in [0.15, 0.2) is 11.5 Å². The van der Waals surface area contributed by atoms with Gasteiger partial charge in [0.1, 0.15) is 5.52 Å². The van der Waals surface area contributed by atoms with E-state index in [0.717, 1.165) is 29.8 Å². The molecule has 0 amide bonds. The Bertz CT molecular complexity index is 635. The van der Waals surface area contributed by atoms with E-state index in [1.54, 1.807) is 0 Å². The van der Waals surface area contributed by atoms with E-state index in [1.165, 1.54) is 0 Å². The molecule has 19 heavy (non-hydrogen) atoms. The molecule has 2 unspecified atom stereocenters. The molecular weight excluding hydrogens is 244 g/mol. The van der Waals surface area contributed by atoms with E-state index in [4.69, 9.17) is 9.52 Å². The van der Waals surface area contributed by atoms with E-state index in [9.17, 15) is 4.79 Å². The molecule has 0 spiro atoms. The molecule has 5 heteroatoms. The number of hydrogen-bond acceptors (Lipinski definition) is 4. The molecular formula is C14H16N2O3. The highest BCUT2D eigenvalue weighted by molar-refractivity contribution is 5.77. The second-order valence-corrected chi connectivity index (χ2v) is 5.21. The average Bonchev–Trinajstić information content (AvgIpc) is 3.01. The van der Waals surface area contributed by atoms with E-state index in [0.29, 0.717) is 5.89 Å². The topological polar surface area (TPSA) is 66.6 Å².